The summed E-state index contributed by atoms with van der Waals surface area (Å²) in [4.78, 5) is 0. The lowest BCUT2D eigenvalue weighted by Gasteiger charge is -2.18. The largest absolute Gasteiger partial charge is 0.396 e. The second kappa shape index (κ2) is 5.12. The summed E-state index contributed by atoms with van der Waals surface area (Å²) < 4.78 is 0. The average molecular weight is 170 g/mol. The molecular weight excluding hydrogens is 152 g/mol. The summed E-state index contributed by atoms with van der Waals surface area (Å²) in [5, 5.41) is 18.4. The lowest BCUT2D eigenvalue weighted by Crippen LogP contribution is -2.17. The molecule has 12 heavy (non-hydrogen) atoms. The number of hydrogen-bond donors (Lipinski definition) is 2. The van der Waals surface area contributed by atoms with E-state index in [1.807, 2.05) is 6.92 Å². The lowest BCUT2D eigenvalue weighted by atomic mass is 9.94. The van der Waals surface area contributed by atoms with E-state index in [2.05, 4.69) is 13.2 Å². The molecule has 2 unspecified atom stereocenters. The molecule has 0 radical (unpaired) electrons. The maximum atomic E-state index is 9.43. The molecule has 0 aromatic carbocycles. The van der Waals surface area contributed by atoms with Crippen molar-refractivity contribution in [3.05, 3.63) is 24.3 Å². The molecule has 2 N–H and O–H groups in total. The molecule has 0 aliphatic heterocycles. The topological polar surface area (TPSA) is 40.5 Å². The van der Waals surface area contributed by atoms with Crippen LogP contribution in [0.2, 0.25) is 0 Å². The molecular formula is C10H18O2. The van der Waals surface area contributed by atoms with E-state index in [-0.39, 0.29) is 12.5 Å². The van der Waals surface area contributed by atoms with Crippen LogP contribution in [0.5, 0.6) is 0 Å². The first-order chi connectivity index (χ1) is 5.49. The van der Waals surface area contributed by atoms with Crippen molar-refractivity contribution in [1.82, 2.24) is 0 Å². The average Bonchev–Trinajstić information content (AvgIpc) is 1.98. The van der Waals surface area contributed by atoms with Crippen LogP contribution in [0.15, 0.2) is 24.3 Å². The van der Waals surface area contributed by atoms with Crippen LogP contribution in [-0.2, 0) is 0 Å². The minimum atomic E-state index is -0.529. The Morgan fingerprint density at radius 2 is 1.75 bits per heavy atom. The van der Waals surface area contributed by atoms with Gasteiger partial charge in [0.2, 0.25) is 0 Å². The van der Waals surface area contributed by atoms with Gasteiger partial charge < -0.3 is 10.2 Å². The van der Waals surface area contributed by atoms with E-state index in [0.29, 0.717) is 6.42 Å². The fourth-order valence-corrected chi connectivity index (χ4v) is 0.902. The third kappa shape index (κ3) is 3.69. The highest BCUT2D eigenvalue weighted by atomic mass is 16.3. The first kappa shape index (κ1) is 11.4. The van der Waals surface area contributed by atoms with Gasteiger partial charge in [-0.15, -0.1) is 0 Å². The SMILES string of the molecule is C=C(C)C(O)CC(CO)C(=C)C. The minimum absolute atomic E-state index is 0.0169. The monoisotopic (exact) mass is 170 g/mol. The van der Waals surface area contributed by atoms with Crippen LogP contribution >= 0.6 is 0 Å². The molecule has 0 aromatic heterocycles. The van der Waals surface area contributed by atoms with E-state index < -0.39 is 6.10 Å². The number of aliphatic hydroxyl groups is 2. The highest BCUT2D eigenvalue weighted by Crippen LogP contribution is 2.17. The van der Waals surface area contributed by atoms with Crippen molar-refractivity contribution in [2.24, 2.45) is 5.92 Å². The molecule has 2 heteroatoms. The Labute approximate surface area is 74.2 Å². The summed E-state index contributed by atoms with van der Waals surface area (Å²) in [6.45, 7) is 11.0. The van der Waals surface area contributed by atoms with Gasteiger partial charge >= 0.3 is 0 Å². The fourth-order valence-electron chi connectivity index (χ4n) is 0.902. The normalized spacial score (nSPS) is 15.3. The van der Waals surface area contributed by atoms with Gasteiger partial charge in [-0.1, -0.05) is 24.3 Å². The first-order valence-corrected chi connectivity index (χ1v) is 4.08. The summed E-state index contributed by atoms with van der Waals surface area (Å²) in [5.74, 6) is -0.0169. The highest BCUT2D eigenvalue weighted by molar-refractivity contribution is 5.03. The van der Waals surface area contributed by atoms with Crippen LogP contribution in [0, 0.1) is 5.92 Å². The molecule has 0 saturated heterocycles. The number of aliphatic hydroxyl groups excluding tert-OH is 2. The smallest absolute Gasteiger partial charge is 0.0751 e. The predicted molar refractivity (Wildman–Crippen MR) is 50.8 cm³/mol. The third-order valence-electron chi connectivity index (χ3n) is 1.99. The van der Waals surface area contributed by atoms with E-state index in [9.17, 15) is 5.11 Å². The molecule has 70 valence electrons. The molecule has 0 spiro atoms. The van der Waals surface area contributed by atoms with Crippen LogP contribution in [0.4, 0.5) is 0 Å². The Morgan fingerprint density at radius 3 is 2.00 bits per heavy atom. The van der Waals surface area contributed by atoms with Crippen molar-refractivity contribution >= 4 is 0 Å². The van der Waals surface area contributed by atoms with E-state index in [1.165, 1.54) is 0 Å². The van der Waals surface area contributed by atoms with Crippen LogP contribution in [-0.4, -0.2) is 22.9 Å². The van der Waals surface area contributed by atoms with Gasteiger partial charge in [0.1, 0.15) is 0 Å². The van der Waals surface area contributed by atoms with Gasteiger partial charge in [-0.05, 0) is 20.3 Å². The second-order valence-electron chi connectivity index (χ2n) is 3.32. The van der Waals surface area contributed by atoms with E-state index in [4.69, 9.17) is 5.11 Å². The highest BCUT2D eigenvalue weighted by Gasteiger charge is 2.14. The van der Waals surface area contributed by atoms with Gasteiger partial charge in [-0.25, -0.2) is 0 Å². The van der Waals surface area contributed by atoms with Crippen molar-refractivity contribution in [3.63, 3.8) is 0 Å². The Morgan fingerprint density at radius 1 is 1.25 bits per heavy atom. The predicted octanol–water partition coefficient (Wildman–Crippen LogP) is 1.50. The van der Waals surface area contributed by atoms with Crippen LogP contribution in [0.1, 0.15) is 20.3 Å². The van der Waals surface area contributed by atoms with Crippen molar-refractivity contribution in [3.8, 4) is 0 Å². The summed E-state index contributed by atoms with van der Waals surface area (Å²) in [6.07, 6.45) is -0.0138. The third-order valence-corrected chi connectivity index (χ3v) is 1.99. The minimum Gasteiger partial charge on any atom is -0.396 e. The molecule has 0 aromatic rings. The van der Waals surface area contributed by atoms with Crippen LogP contribution < -0.4 is 0 Å². The van der Waals surface area contributed by atoms with E-state index >= 15 is 0 Å². The zero-order chi connectivity index (χ0) is 9.72. The second-order valence-corrected chi connectivity index (χ2v) is 3.32. The van der Waals surface area contributed by atoms with E-state index in [1.54, 1.807) is 6.92 Å². The van der Waals surface area contributed by atoms with E-state index in [0.717, 1.165) is 11.1 Å². The van der Waals surface area contributed by atoms with Crippen molar-refractivity contribution < 1.29 is 10.2 Å². The number of hydrogen-bond acceptors (Lipinski definition) is 2. The quantitative estimate of drug-likeness (QED) is 0.614. The van der Waals surface area contributed by atoms with Gasteiger partial charge in [0.05, 0.1) is 6.10 Å². The molecule has 2 nitrogen and oxygen atoms in total. The van der Waals surface area contributed by atoms with Gasteiger partial charge in [0.25, 0.3) is 0 Å². The van der Waals surface area contributed by atoms with Gasteiger partial charge in [-0.3, -0.25) is 0 Å². The summed E-state index contributed by atoms with van der Waals surface area (Å²) >= 11 is 0. The maximum Gasteiger partial charge on any atom is 0.0751 e. The molecule has 0 heterocycles. The summed E-state index contributed by atoms with van der Waals surface area (Å²) in [5.41, 5.74) is 1.63. The first-order valence-electron chi connectivity index (χ1n) is 4.08. The van der Waals surface area contributed by atoms with Gasteiger partial charge in [0, 0.05) is 12.5 Å². The molecule has 0 fully saturated rings. The van der Waals surface area contributed by atoms with Crippen molar-refractivity contribution in [2.45, 2.75) is 26.4 Å². The van der Waals surface area contributed by atoms with Crippen LogP contribution in [0.3, 0.4) is 0 Å². The van der Waals surface area contributed by atoms with Crippen molar-refractivity contribution in [2.75, 3.05) is 6.61 Å². The molecule has 0 rings (SSSR count). The standard InChI is InChI=1S/C10H18O2/c1-7(2)9(6-11)5-10(12)8(3)4/h9-12H,1,3,5-6H2,2,4H3. The molecule has 0 aliphatic carbocycles. The van der Waals surface area contributed by atoms with Crippen molar-refractivity contribution in [1.29, 1.82) is 0 Å². The lowest BCUT2D eigenvalue weighted by molar-refractivity contribution is 0.153. The Kier molecular flexibility index (Phi) is 4.86. The molecule has 0 aliphatic rings. The zero-order valence-corrected chi connectivity index (χ0v) is 7.88. The maximum absolute atomic E-state index is 9.43. The Balaban J connectivity index is 4.02. The van der Waals surface area contributed by atoms with Gasteiger partial charge in [-0.2, -0.15) is 0 Å². The Hall–Kier alpha value is -0.600. The Bertz CT molecular complexity index is 173. The molecule has 0 amide bonds. The summed E-state index contributed by atoms with van der Waals surface area (Å²) in [7, 11) is 0. The molecule has 0 bridgehead atoms. The molecule has 0 saturated carbocycles. The fraction of sp³-hybridized carbons (Fsp3) is 0.600. The number of rotatable bonds is 5. The summed E-state index contributed by atoms with van der Waals surface area (Å²) in [6, 6.07) is 0. The zero-order valence-electron chi connectivity index (χ0n) is 7.88. The van der Waals surface area contributed by atoms with Crippen LogP contribution in [0.25, 0.3) is 0 Å². The van der Waals surface area contributed by atoms with Gasteiger partial charge in [0.15, 0.2) is 0 Å². The molecule has 2 atom stereocenters.